The number of carbonyl (C=O) groups is 3. The van der Waals surface area contributed by atoms with Crippen molar-refractivity contribution in [1.82, 2.24) is 0 Å². The van der Waals surface area contributed by atoms with E-state index < -0.39 is 17.8 Å². The molecule has 0 heterocycles. The lowest BCUT2D eigenvalue weighted by molar-refractivity contribution is -0.123. The fourth-order valence-electron chi connectivity index (χ4n) is 2.27. The molecule has 0 radical (unpaired) electrons. The van der Waals surface area contributed by atoms with Crippen LogP contribution in [0.5, 0.6) is 0 Å². The van der Waals surface area contributed by atoms with E-state index in [1.54, 1.807) is 30.3 Å². The van der Waals surface area contributed by atoms with Crippen LogP contribution in [0.3, 0.4) is 0 Å². The van der Waals surface area contributed by atoms with Crippen molar-refractivity contribution in [2.75, 3.05) is 36.7 Å². The van der Waals surface area contributed by atoms with E-state index in [1.165, 1.54) is 13.2 Å². The fraction of sp³-hybridized carbons (Fsp3) is 0.211. The normalized spacial score (nSPS) is 9.96. The Hall–Kier alpha value is -3.35. The van der Waals surface area contributed by atoms with Gasteiger partial charge in [0, 0.05) is 25.5 Å². The molecule has 0 atom stereocenters. The minimum Gasteiger partial charge on any atom is -0.465 e. The minimum absolute atomic E-state index is 0.225. The Bertz CT molecular complexity index is 801. The van der Waals surface area contributed by atoms with Gasteiger partial charge in [0.1, 0.15) is 6.42 Å². The summed E-state index contributed by atoms with van der Waals surface area (Å²) in [6, 6.07) is 13.7. The largest absolute Gasteiger partial charge is 0.465 e. The van der Waals surface area contributed by atoms with Gasteiger partial charge >= 0.3 is 5.97 Å². The van der Waals surface area contributed by atoms with Crippen LogP contribution in [-0.4, -0.2) is 39.0 Å². The van der Waals surface area contributed by atoms with Crippen molar-refractivity contribution in [2.24, 2.45) is 0 Å². The van der Waals surface area contributed by atoms with E-state index in [9.17, 15) is 14.4 Å². The number of hydrogen-bond donors (Lipinski definition) is 2. The van der Waals surface area contributed by atoms with Gasteiger partial charge in [-0.25, -0.2) is 4.79 Å². The van der Waals surface area contributed by atoms with E-state index in [0.29, 0.717) is 11.4 Å². The number of nitrogens with one attached hydrogen (secondary N) is 2. The van der Waals surface area contributed by atoms with E-state index >= 15 is 0 Å². The standard InChI is InChI=1S/C19H21N3O4/c1-22(2)14-10-8-13(9-11-14)20-17(23)12-18(24)21-16-7-5-4-6-15(16)19(25)26-3/h4-11H,12H2,1-3H3,(H,20,23)(H,21,24). The number of rotatable bonds is 6. The maximum Gasteiger partial charge on any atom is 0.339 e. The van der Waals surface area contributed by atoms with Gasteiger partial charge in [0.2, 0.25) is 11.8 Å². The number of benzene rings is 2. The molecule has 0 aliphatic heterocycles. The SMILES string of the molecule is COC(=O)c1ccccc1NC(=O)CC(=O)Nc1ccc(N(C)C)cc1. The maximum absolute atomic E-state index is 12.1. The minimum atomic E-state index is -0.564. The van der Waals surface area contributed by atoms with Crippen molar-refractivity contribution in [3.05, 3.63) is 54.1 Å². The van der Waals surface area contributed by atoms with Crippen LogP contribution in [0.1, 0.15) is 16.8 Å². The summed E-state index contributed by atoms with van der Waals surface area (Å²) < 4.78 is 4.67. The molecule has 0 bridgehead atoms. The van der Waals surface area contributed by atoms with Crippen LogP contribution >= 0.6 is 0 Å². The molecule has 7 nitrogen and oxygen atoms in total. The zero-order valence-electron chi connectivity index (χ0n) is 14.9. The molecule has 2 aromatic carbocycles. The lowest BCUT2D eigenvalue weighted by atomic mass is 10.1. The van der Waals surface area contributed by atoms with E-state index in [-0.39, 0.29) is 12.0 Å². The van der Waals surface area contributed by atoms with Crippen molar-refractivity contribution in [3.63, 3.8) is 0 Å². The van der Waals surface area contributed by atoms with Crippen LogP contribution in [0, 0.1) is 0 Å². The summed E-state index contributed by atoms with van der Waals surface area (Å²) in [4.78, 5) is 37.8. The first-order chi connectivity index (χ1) is 12.4. The van der Waals surface area contributed by atoms with Gasteiger partial charge in [-0.2, -0.15) is 0 Å². The summed E-state index contributed by atoms with van der Waals surface area (Å²) in [6.07, 6.45) is -0.370. The molecule has 0 saturated carbocycles. The first-order valence-corrected chi connectivity index (χ1v) is 7.95. The molecule has 0 aliphatic carbocycles. The Kier molecular flexibility index (Phi) is 6.32. The second-order valence-corrected chi connectivity index (χ2v) is 5.75. The lowest BCUT2D eigenvalue weighted by Gasteiger charge is -2.13. The Balaban J connectivity index is 1.95. The smallest absolute Gasteiger partial charge is 0.339 e. The summed E-state index contributed by atoms with van der Waals surface area (Å²) in [5.41, 5.74) is 2.12. The average molecular weight is 355 g/mol. The Morgan fingerprint density at radius 1 is 0.923 bits per heavy atom. The molecular weight excluding hydrogens is 334 g/mol. The number of nitrogens with zero attached hydrogens (tertiary/aromatic N) is 1. The highest BCUT2D eigenvalue weighted by atomic mass is 16.5. The third-order valence-corrected chi connectivity index (χ3v) is 3.60. The molecule has 0 saturated heterocycles. The zero-order chi connectivity index (χ0) is 19.1. The van der Waals surface area contributed by atoms with Crippen molar-refractivity contribution in [1.29, 1.82) is 0 Å². The maximum atomic E-state index is 12.1. The van der Waals surface area contributed by atoms with E-state index in [0.717, 1.165) is 5.69 Å². The highest BCUT2D eigenvalue weighted by Crippen LogP contribution is 2.17. The predicted molar refractivity (Wildman–Crippen MR) is 100 cm³/mol. The van der Waals surface area contributed by atoms with Crippen LogP contribution in [0.4, 0.5) is 17.1 Å². The molecule has 2 amide bonds. The van der Waals surface area contributed by atoms with Crippen molar-refractivity contribution in [3.8, 4) is 0 Å². The molecule has 0 spiro atoms. The molecule has 0 aromatic heterocycles. The van der Waals surface area contributed by atoms with Gasteiger partial charge in [0.05, 0.1) is 18.4 Å². The Morgan fingerprint density at radius 3 is 2.15 bits per heavy atom. The van der Waals surface area contributed by atoms with Gasteiger partial charge in [-0.05, 0) is 36.4 Å². The van der Waals surface area contributed by atoms with E-state index in [1.807, 2.05) is 31.1 Å². The predicted octanol–water partition coefficient (Wildman–Crippen LogP) is 2.51. The Labute approximate surface area is 152 Å². The van der Waals surface area contributed by atoms with E-state index in [4.69, 9.17) is 0 Å². The molecule has 136 valence electrons. The number of methoxy groups -OCH3 is 1. The second kappa shape index (κ2) is 8.66. The molecule has 2 N–H and O–H groups in total. The van der Waals surface area contributed by atoms with Crippen LogP contribution in [0.15, 0.2) is 48.5 Å². The topological polar surface area (TPSA) is 87.7 Å². The van der Waals surface area contributed by atoms with Crippen LogP contribution in [0.25, 0.3) is 0 Å². The van der Waals surface area contributed by atoms with E-state index in [2.05, 4.69) is 15.4 Å². The number of carbonyl (C=O) groups excluding carboxylic acids is 3. The Morgan fingerprint density at radius 2 is 1.54 bits per heavy atom. The van der Waals surface area contributed by atoms with Crippen LogP contribution in [0.2, 0.25) is 0 Å². The molecule has 2 aromatic rings. The summed E-state index contributed by atoms with van der Waals surface area (Å²) in [5, 5.41) is 5.22. The number of anilines is 3. The van der Waals surface area contributed by atoms with Gasteiger partial charge in [-0.15, -0.1) is 0 Å². The third kappa shape index (κ3) is 5.07. The molecule has 0 unspecified atom stereocenters. The number of hydrogen-bond acceptors (Lipinski definition) is 5. The summed E-state index contributed by atoms with van der Waals surface area (Å²) in [7, 11) is 5.10. The molecular formula is C19H21N3O4. The summed E-state index contributed by atoms with van der Waals surface area (Å²) >= 11 is 0. The monoisotopic (exact) mass is 355 g/mol. The first-order valence-electron chi connectivity index (χ1n) is 7.95. The summed E-state index contributed by atoms with van der Waals surface area (Å²) in [5.74, 6) is -1.54. The van der Waals surface area contributed by atoms with Crippen molar-refractivity contribution in [2.45, 2.75) is 6.42 Å². The van der Waals surface area contributed by atoms with Crippen molar-refractivity contribution >= 4 is 34.8 Å². The number of amides is 2. The number of para-hydroxylation sites is 1. The van der Waals surface area contributed by atoms with Gasteiger partial charge in [-0.3, -0.25) is 9.59 Å². The quantitative estimate of drug-likeness (QED) is 0.614. The third-order valence-electron chi connectivity index (χ3n) is 3.60. The number of ether oxygens (including phenoxy) is 1. The van der Waals surface area contributed by atoms with Gasteiger partial charge < -0.3 is 20.3 Å². The highest BCUT2D eigenvalue weighted by Gasteiger charge is 2.15. The molecule has 0 fully saturated rings. The number of esters is 1. The second-order valence-electron chi connectivity index (χ2n) is 5.75. The molecule has 0 aliphatic rings. The zero-order valence-corrected chi connectivity index (χ0v) is 14.9. The summed E-state index contributed by atoms with van der Waals surface area (Å²) in [6.45, 7) is 0. The first kappa shape index (κ1) is 19.0. The van der Waals surface area contributed by atoms with Crippen molar-refractivity contribution < 1.29 is 19.1 Å². The highest BCUT2D eigenvalue weighted by molar-refractivity contribution is 6.10. The van der Waals surface area contributed by atoms with Crippen LogP contribution < -0.4 is 15.5 Å². The average Bonchev–Trinajstić information content (AvgIpc) is 2.61. The van der Waals surface area contributed by atoms with Gasteiger partial charge in [-0.1, -0.05) is 12.1 Å². The van der Waals surface area contributed by atoms with Crippen LogP contribution in [-0.2, 0) is 14.3 Å². The molecule has 26 heavy (non-hydrogen) atoms. The van der Waals surface area contributed by atoms with Gasteiger partial charge in [0.25, 0.3) is 0 Å². The lowest BCUT2D eigenvalue weighted by Crippen LogP contribution is -2.22. The van der Waals surface area contributed by atoms with Gasteiger partial charge in [0.15, 0.2) is 0 Å². The fourth-order valence-corrected chi connectivity index (χ4v) is 2.27. The molecule has 2 rings (SSSR count). The molecule has 7 heteroatoms.